The minimum atomic E-state index is 0.729. The summed E-state index contributed by atoms with van der Waals surface area (Å²) in [7, 11) is 0. The number of rotatable bonds is 1. The van der Waals surface area contributed by atoms with Gasteiger partial charge in [0, 0.05) is 15.3 Å². The van der Waals surface area contributed by atoms with Crippen LogP contribution in [0.15, 0.2) is 42.7 Å². The number of benzene rings is 1. The topological polar surface area (TPSA) is 38.9 Å². The van der Waals surface area contributed by atoms with E-state index in [9.17, 15) is 0 Å². The molecule has 0 amide bonds. The van der Waals surface area contributed by atoms with Crippen molar-refractivity contribution in [2.75, 3.05) is 5.73 Å². The van der Waals surface area contributed by atoms with Crippen LogP contribution in [0.5, 0.6) is 0 Å². The summed E-state index contributed by atoms with van der Waals surface area (Å²) in [5, 5.41) is 0. The van der Waals surface area contributed by atoms with E-state index in [1.807, 2.05) is 24.4 Å². The van der Waals surface area contributed by atoms with E-state index in [1.165, 1.54) is 0 Å². The van der Waals surface area contributed by atoms with Gasteiger partial charge in [-0.3, -0.25) is 4.98 Å². The van der Waals surface area contributed by atoms with E-state index in [0.29, 0.717) is 0 Å². The standard InChI is InChI=1S/C11H9IN2/c12-11-9(6-14-7-10(11)13)8-4-2-1-3-5-8/h1-7H,13H2. The van der Waals surface area contributed by atoms with Gasteiger partial charge in [-0.1, -0.05) is 30.3 Å². The highest BCUT2D eigenvalue weighted by molar-refractivity contribution is 14.1. The SMILES string of the molecule is Nc1cncc(-c2ccccc2)c1I. The van der Waals surface area contributed by atoms with Crippen LogP contribution in [0.2, 0.25) is 0 Å². The maximum Gasteiger partial charge on any atom is 0.0642 e. The maximum atomic E-state index is 5.79. The van der Waals surface area contributed by atoms with Gasteiger partial charge >= 0.3 is 0 Å². The molecule has 0 aliphatic heterocycles. The summed E-state index contributed by atoms with van der Waals surface area (Å²) >= 11 is 2.24. The number of nitrogen functional groups attached to an aromatic ring is 1. The molecule has 3 heteroatoms. The van der Waals surface area contributed by atoms with Crippen molar-refractivity contribution >= 4 is 28.3 Å². The Labute approximate surface area is 96.3 Å². The lowest BCUT2D eigenvalue weighted by Gasteiger charge is -2.05. The Hall–Kier alpha value is -1.10. The van der Waals surface area contributed by atoms with Gasteiger partial charge in [0.15, 0.2) is 0 Å². The molecule has 0 aliphatic carbocycles. The Morgan fingerprint density at radius 2 is 1.79 bits per heavy atom. The van der Waals surface area contributed by atoms with Gasteiger partial charge in [0.1, 0.15) is 0 Å². The largest absolute Gasteiger partial charge is 0.397 e. The van der Waals surface area contributed by atoms with E-state index >= 15 is 0 Å². The fourth-order valence-corrected chi connectivity index (χ4v) is 1.87. The number of hydrogen-bond acceptors (Lipinski definition) is 2. The number of halogens is 1. The van der Waals surface area contributed by atoms with Crippen LogP contribution in [0.3, 0.4) is 0 Å². The summed E-state index contributed by atoms with van der Waals surface area (Å²) in [5.74, 6) is 0. The molecule has 0 spiro atoms. The molecule has 0 radical (unpaired) electrons. The first-order valence-electron chi connectivity index (χ1n) is 4.23. The predicted octanol–water partition coefficient (Wildman–Crippen LogP) is 2.94. The van der Waals surface area contributed by atoms with Gasteiger partial charge in [0.2, 0.25) is 0 Å². The van der Waals surface area contributed by atoms with Gasteiger partial charge in [-0.25, -0.2) is 0 Å². The third-order valence-electron chi connectivity index (χ3n) is 1.99. The van der Waals surface area contributed by atoms with Crippen LogP contribution >= 0.6 is 22.6 Å². The number of nitrogens with zero attached hydrogens (tertiary/aromatic N) is 1. The lowest BCUT2D eigenvalue weighted by molar-refractivity contribution is 1.32. The van der Waals surface area contributed by atoms with Crippen LogP contribution in [-0.2, 0) is 0 Å². The third-order valence-corrected chi connectivity index (χ3v) is 3.20. The van der Waals surface area contributed by atoms with Crippen LogP contribution in [0, 0.1) is 3.57 Å². The summed E-state index contributed by atoms with van der Waals surface area (Å²) in [5.41, 5.74) is 8.76. The fraction of sp³-hybridized carbons (Fsp3) is 0. The van der Waals surface area contributed by atoms with Crippen LogP contribution in [0.4, 0.5) is 5.69 Å². The summed E-state index contributed by atoms with van der Waals surface area (Å²) in [4.78, 5) is 4.09. The molecule has 2 N–H and O–H groups in total. The Kier molecular flexibility index (Phi) is 2.67. The zero-order valence-electron chi connectivity index (χ0n) is 7.44. The van der Waals surface area contributed by atoms with Gasteiger partial charge < -0.3 is 5.73 Å². The molecular weight excluding hydrogens is 287 g/mol. The molecule has 1 heterocycles. The molecule has 2 aromatic rings. The van der Waals surface area contributed by atoms with E-state index in [2.05, 4.69) is 39.7 Å². The van der Waals surface area contributed by atoms with E-state index in [1.54, 1.807) is 6.20 Å². The van der Waals surface area contributed by atoms with Crippen LogP contribution < -0.4 is 5.73 Å². The molecule has 70 valence electrons. The van der Waals surface area contributed by atoms with Crippen molar-refractivity contribution in [3.63, 3.8) is 0 Å². The first-order chi connectivity index (χ1) is 6.79. The van der Waals surface area contributed by atoms with Gasteiger partial charge in [-0.2, -0.15) is 0 Å². The van der Waals surface area contributed by atoms with Crippen molar-refractivity contribution in [2.45, 2.75) is 0 Å². The quantitative estimate of drug-likeness (QED) is 0.822. The highest BCUT2D eigenvalue weighted by atomic mass is 127. The van der Waals surface area contributed by atoms with E-state index in [0.717, 1.165) is 20.4 Å². The third kappa shape index (κ3) is 1.72. The second-order valence-electron chi connectivity index (χ2n) is 2.96. The minimum absolute atomic E-state index is 0.729. The van der Waals surface area contributed by atoms with Crippen molar-refractivity contribution in [1.29, 1.82) is 0 Å². The zero-order valence-corrected chi connectivity index (χ0v) is 9.60. The number of anilines is 1. The Balaban J connectivity index is 2.58. The van der Waals surface area contributed by atoms with Gasteiger partial charge in [-0.05, 0) is 28.2 Å². The molecule has 0 saturated heterocycles. The van der Waals surface area contributed by atoms with Crippen molar-refractivity contribution in [3.8, 4) is 11.1 Å². The smallest absolute Gasteiger partial charge is 0.0642 e. The van der Waals surface area contributed by atoms with E-state index < -0.39 is 0 Å². The van der Waals surface area contributed by atoms with Crippen molar-refractivity contribution in [3.05, 3.63) is 46.3 Å². The predicted molar refractivity (Wildman–Crippen MR) is 66.8 cm³/mol. The molecule has 0 unspecified atom stereocenters. The summed E-state index contributed by atoms with van der Waals surface area (Å²) in [6.45, 7) is 0. The first kappa shape index (κ1) is 9.45. The number of hydrogen-bond donors (Lipinski definition) is 1. The summed E-state index contributed by atoms with van der Waals surface area (Å²) in [6.07, 6.45) is 3.52. The van der Waals surface area contributed by atoms with Crippen molar-refractivity contribution in [2.24, 2.45) is 0 Å². The lowest BCUT2D eigenvalue weighted by Crippen LogP contribution is -1.93. The highest BCUT2D eigenvalue weighted by Gasteiger charge is 2.04. The average Bonchev–Trinajstić information content (AvgIpc) is 2.23. The molecule has 2 rings (SSSR count). The van der Waals surface area contributed by atoms with Crippen LogP contribution in [-0.4, -0.2) is 4.98 Å². The Morgan fingerprint density at radius 3 is 2.50 bits per heavy atom. The minimum Gasteiger partial charge on any atom is -0.397 e. The van der Waals surface area contributed by atoms with E-state index in [-0.39, 0.29) is 0 Å². The highest BCUT2D eigenvalue weighted by Crippen LogP contribution is 2.27. The van der Waals surface area contributed by atoms with Gasteiger partial charge in [0.25, 0.3) is 0 Å². The molecule has 2 nitrogen and oxygen atoms in total. The molecule has 1 aromatic heterocycles. The van der Waals surface area contributed by atoms with Crippen LogP contribution in [0.1, 0.15) is 0 Å². The molecule has 0 aliphatic rings. The molecule has 0 bridgehead atoms. The summed E-state index contributed by atoms with van der Waals surface area (Å²) in [6, 6.07) is 10.1. The number of aromatic nitrogens is 1. The number of nitrogens with two attached hydrogens (primary N) is 1. The Bertz CT molecular complexity index is 440. The first-order valence-corrected chi connectivity index (χ1v) is 5.31. The van der Waals surface area contributed by atoms with Gasteiger partial charge in [0.05, 0.1) is 11.9 Å². The summed E-state index contributed by atoms with van der Waals surface area (Å²) < 4.78 is 1.06. The van der Waals surface area contributed by atoms with Gasteiger partial charge in [-0.15, -0.1) is 0 Å². The maximum absolute atomic E-state index is 5.79. The second kappa shape index (κ2) is 3.96. The Morgan fingerprint density at radius 1 is 1.07 bits per heavy atom. The molecular formula is C11H9IN2. The monoisotopic (exact) mass is 296 g/mol. The molecule has 0 atom stereocenters. The fourth-order valence-electron chi connectivity index (χ4n) is 1.28. The lowest BCUT2D eigenvalue weighted by atomic mass is 10.1. The zero-order chi connectivity index (χ0) is 9.97. The molecule has 1 aromatic carbocycles. The number of pyridine rings is 1. The van der Waals surface area contributed by atoms with Crippen LogP contribution in [0.25, 0.3) is 11.1 Å². The van der Waals surface area contributed by atoms with E-state index in [4.69, 9.17) is 5.73 Å². The van der Waals surface area contributed by atoms with Crippen molar-refractivity contribution in [1.82, 2.24) is 4.98 Å². The average molecular weight is 296 g/mol. The molecule has 0 fully saturated rings. The molecule has 0 saturated carbocycles. The molecule has 14 heavy (non-hydrogen) atoms. The second-order valence-corrected chi connectivity index (χ2v) is 4.04. The normalized spacial score (nSPS) is 10.1. The van der Waals surface area contributed by atoms with Crippen molar-refractivity contribution < 1.29 is 0 Å².